The number of rotatable bonds is 6. The summed E-state index contributed by atoms with van der Waals surface area (Å²) in [6, 6.07) is 5.00. The number of hydrogen-bond donors (Lipinski definition) is 1. The number of ether oxygens (including phenoxy) is 1. The molecule has 0 aliphatic heterocycles. The lowest BCUT2D eigenvalue weighted by Crippen LogP contribution is -2.30. The van der Waals surface area contributed by atoms with E-state index in [9.17, 15) is 9.90 Å². The molecule has 0 spiro atoms. The molecule has 4 nitrogen and oxygen atoms in total. The molecule has 4 heteroatoms. The first-order valence-electron chi connectivity index (χ1n) is 6.70. The molecule has 0 aromatic heterocycles. The van der Waals surface area contributed by atoms with Crippen molar-refractivity contribution in [3.05, 3.63) is 29.3 Å². The summed E-state index contributed by atoms with van der Waals surface area (Å²) in [5.41, 5.74) is 1.28. The Morgan fingerprint density at radius 2 is 2.21 bits per heavy atom. The Balaban J connectivity index is 1.81. The molecule has 19 heavy (non-hydrogen) atoms. The molecule has 1 aliphatic rings. The number of nitrogens with zero attached hydrogens (tertiary/aromatic N) is 1. The van der Waals surface area contributed by atoms with Crippen molar-refractivity contribution in [2.45, 2.75) is 19.8 Å². The van der Waals surface area contributed by atoms with Crippen LogP contribution in [-0.2, 0) is 4.74 Å². The molecular formula is C15H21NO3. The number of carbonyl (C=O) groups excluding carboxylic acids is 1. The van der Waals surface area contributed by atoms with Gasteiger partial charge < -0.3 is 14.7 Å². The van der Waals surface area contributed by atoms with Crippen LogP contribution in [0.15, 0.2) is 18.2 Å². The van der Waals surface area contributed by atoms with Gasteiger partial charge in [0.1, 0.15) is 5.75 Å². The van der Waals surface area contributed by atoms with Crippen LogP contribution in [0.25, 0.3) is 0 Å². The second-order valence-corrected chi connectivity index (χ2v) is 5.25. The Labute approximate surface area is 114 Å². The van der Waals surface area contributed by atoms with E-state index in [0.29, 0.717) is 18.7 Å². The molecule has 1 aromatic carbocycles. The third-order valence-electron chi connectivity index (χ3n) is 3.42. The lowest BCUT2D eigenvalue weighted by molar-refractivity contribution is 0.0681. The summed E-state index contributed by atoms with van der Waals surface area (Å²) in [7, 11) is 1.75. The number of amides is 1. The van der Waals surface area contributed by atoms with Crippen molar-refractivity contribution in [1.29, 1.82) is 0 Å². The van der Waals surface area contributed by atoms with Gasteiger partial charge >= 0.3 is 0 Å². The van der Waals surface area contributed by atoms with E-state index in [4.69, 9.17) is 4.74 Å². The molecule has 1 saturated carbocycles. The van der Waals surface area contributed by atoms with Crippen LogP contribution >= 0.6 is 0 Å². The molecule has 104 valence electrons. The summed E-state index contributed by atoms with van der Waals surface area (Å²) in [5.74, 6) is 0.810. The van der Waals surface area contributed by atoms with Crippen molar-refractivity contribution in [2.24, 2.45) is 5.92 Å². The van der Waals surface area contributed by atoms with Gasteiger partial charge in [-0.1, -0.05) is 6.07 Å². The van der Waals surface area contributed by atoms with Gasteiger partial charge in [-0.3, -0.25) is 4.79 Å². The van der Waals surface area contributed by atoms with Crippen LogP contribution < -0.4 is 0 Å². The lowest BCUT2D eigenvalue weighted by atomic mass is 10.1. The molecule has 2 rings (SSSR count). The van der Waals surface area contributed by atoms with Crippen LogP contribution in [0, 0.1) is 12.8 Å². The molecule has 0 atom stereocenters. The zero-order valence-corrected chi connectivity index (χ0v) is 11.6. The smallest absolute Gasteiger partial charge is 0.253 e. The van der Waals surface area contributed by atoms with E-state index < -0.39 is 0 Å². The number of carbonyl (C=O) groups is 1. The summed E-state index contributed by atoms with van der Waals surface area (Å²) in [5, 5.41) is 9.62. The van der Waals surface area contributed by atoms with E-state index >= 15 is 0 Å². The van der Waals surface area contributed by atoms with Crippen LogP contribution in [0.3, 0.4) is 0 Å². The fourth-order valence-corrected chi connectivity index (χ4v) is 1.80. The zero-order chi connectivity index (χ0) is 13.8. The van der Waals surface area contributed by atoms with Gasteiger partial charge in [-0.25, -0.2) is 0 Å². The summed E-state index contributed by atoms with van der Waals surface area (Å²) in [6.07, 6.45) is 2.55. The van der Waals surface area contributed by atoms with E-state index in [1.807, 2.05) is 0 Å². The predicted octanol–water partition coefficient (Wildman–Crippen LogP) is 2.20. The minimum absolute atomic E-state index is 0.0923. The van der Waals surface area contributed by atoms with Gasteiger partial charge in [-0.05, 0) is 43.4 Å². The van der Waals surface area contributed by atoms with E-state index in [1.165, 1.54) is 18.9 Å². The molecule has 0 bridgehead atoms. The van der Waals surface area contributed by atoms with Crippen molar-refractivity contribution in [2.75, 3.05) is 26.8 Å². The minimum Gasteiger partial charge on any atom is -0.508 e. The maximum Gasteiger partial charge on any atom is 0.253 e. The average molecular weight is 263 g/mol. The normalized spacial score (nSPS) is 14.4. The predicted molar refractivity (Wildman–Crippen MR) is 73.3 cm³/mol. The van der Waals surface area contributed by atoms with Crippen LogP contribution in [-0.4, -0.2) is 42.7 Å². The van der Waals surface area contributed by atoms with E-state index in [1.54, 1.807) is 31.0 Å². The molecule has 1 aromatic rings. The molecule has 1 N–H and O–H groups in total. The van der Waals surface area contributed by atoms with Gasteiger partial charge in [-0.15, -0.1) is 0 Å². The van der Waals surface area contributed by atoms with E-state index in [-0.39, 0.29) is 11.7 Å². The van der Waals surface area contributed by atoms with Gasteiger partial charge in [0.05, 0.1) is 6.61 Å². The Kier molecular flexibility index (Phi) is 4.43. The molecule has 1 fully saturated rings. The average Bonchev–Trinajstić information content (AvgIpc) is 3.21. The highest BCUT2D eigenvalue weighted by atomic mass is 16.5. The van der Waals surface area contributed by atoms with Crippen molar-refractivity contribution in [3.8, 4) is 5.75 Å². The Bertz CT molecular complexity index is 455. The quantitative estimate of drug-likeness (QED) is 0.800. The zero-order valence-electron chi connectivity index (χ0n) is 11.6. The van der Waals surface area contributed by atoms with Crippen molar-refractivity contribution >= 4 is 5.91 Å². The Morgan fingerprint density at radius 1 is 1.47 bits per heavy atom. The summed E-state index contributed by atoms with van der Waals surface area (Å²) in [4.78, 5) is 13.7. The minimum atomic E-state index is -0.0923. The van der Waals surface area contributed by atoms with Gasteiger partial charge in [0.25, 0.3) is 5.91 Å². The largest absolute Gasteiger partial charge is 0.508 e. The molecule has 1 aliphatic carbocycles. The Morgan fingerprint density at radius 3 is 2.84 bits per heavy atom. The van der Waals surface area contributed by atoms with Gasteiger partial charge in [0.15, 0.2) is 0 Å². The topological polar surface area (TPSA) is 49.8 Å². The van der Waals surface area contributed by atoms with Crippen LogP contribution in [0.4, 0.5) is 0 Å². The first-order chi connectivity index (χ1) is 9.08. The van der Waals surface area contributed by atoms with Gasteiger partial charge in [0.2, 0.25) is 0 Å². The van der Waals surface area contributed by atoms with Crippen molar-refractivity contribution in [3.63, 3.8) is 0 Å². The standard InChI is InChI=1S/C15H21NO3/c1-11-3-6-13(9-14(11)17)15(18)16(2)7-8-19-10-12-4-5-12/h3,6,9,12,17H,4-5,7-8,10H2,1-2H3. The third kappa shape index (κ3) is 3.96. The maximum absolute atomic E-state index is 12.1. The number of phenolic OH excluding ortho intramolecular Hbond substituents is 1. The second-order valence-electron chi connectivity index (χ2n) is 5.25. The molecule has 0 radical (unpaired) electrons. The molecule has 1 amide bonds. The van der Waals surface area contributed by atoms with E-state index in [0.717, 1.165) is 18.1 Å². The number of hydrogen-bond acceptors (Lipinski definition) is 3. The number of aryl methyl sites for hydroxylation is 1. The maximum atomic E-state index is 12.1. The number of aromatic hydroxyl groups is 1. The second kappa shape index (κ2) is 6.06. The fourth-order valence-electron chi connectivity index (χ4n) is 1.80. The SMILES string of the molecule is Cc1ccc(C(=O)N(C)CCOCC2CC2)cc1O. The highest BCUT2D eigenvalue weighted by Crippen LogP contribution is 2.28. The summed E-state index contributed by atoms with van der Waals surface area (Å²) in [6.45, 7) is 3.75. The first kappa shape index (κ1) is 13.9. The van der Waals surface area contributed by atoms with Crippen LogP contribution in [0.2, 0.25) is 0 Å². The highest BCUT2D eigenvalue weighted by molar-refractivity contribution is 5.94. The lowest BCUT2D eigenvalue weighted by Gasteiger charge is -2.17. The van der Waals surface area contributed by atoms with Crippen molar-refractivity contribution in [1.82, 2.24) is 4.90 Å². The van der Waals surface area contributed by atoms with Crippen LogP contribution in [0.1, 0.15) is 28.8 Å². The molecule has 0 unspecified atom stereocenters. The number of phenols is 1. The monoisotopic (exact) mass is 263 g/mol. The summed E-state index contributed by atoms with van der Waals surface area (Å²) < 4.78 is 5.51. The number of benzene rings is 1. The number of likely N-dealkylation sites (N-methyl/N-ethyl adjacent to an activating group) is 1. The van der Waals surface area contributed by atoms with Crippen LogP contribution in [0.5, 0.6) is 5.75 Å². The first-order valence-corrected chi connectivity index (χ1v) is 6.70. The molecular weight excluding hydrogens is 242 g/mol. The third-order valence-corrected chi connectivity index (χ3v) is 3.42. The van der Waals surface area contributed by atoms with Gasteiger partial charge in [-0.2, -0.15) is 0 Å². The summed E-state index contributed by atoms with van der Waals surface area (Å²) >= 11 is 0. The van der Waals surface area contributed by atoms with E-state index in [2.05, 4.69) is 0 Å². The highest BCUT2D eigenvalue weighted by Gasteiger charge is 2.21. The van der Waals surface area contributed by atoms with Crippen molar-refractivity contribution < 1.29 is 14.6 Å². The molecule has 0 saturated heterocycles. The Hall–Kier alpha value is -1.55. The molecule has 0 heterocycles. The van der Waals surface area contributed by atoms with Gasteiger partial charge in [0, 0.05) is 25.8 Å². The fraction of sp³-hybridized carbons (Fsp3) is 0.533.